The number of rotatable bonds is 6. The van der Waals surface area contributed by atoms with Crippen LogP contribution >= 0.6 is 0 Å². The lowest BCUT2D eigenvalue weighted by Gasteiger charge is -2.22. The van der Waals surface area contributed by atoms with Crippen molar-refractivity contribution in [3.05, 3.63) is 35.9 Å². The molecule has 116 valence electrons. The number of ether oxygens (including phenoxy) is 1. The van der Waals surface area contributed by atoms with Crippen LogP contribution in [0, 0.1) is 0 Å². The number of nitrogens with zero attached hydrogens (tertiary/aromatic N) is 1. The van der Waals surface area contributed by atoms with Crippen molar-refractivity contribution in [3.63, 3.8) is 0 Å². The van der Waals surface area contributed by atoms with E-state index in [1.165, 1.54) is 14.2 Å². The molecule has 1 N–H and O–H groups in total. The Morgan fingerprint density at radius 3 is 2.38 bits per heavy atom. The van der Waals surface area contributed by atoms with Crippen molar-refractivity contribution in [2.45, 2.75) is 32.4 Å². The van der Waals surface area contributed by atoms with Crippen LogP contribution in [0.25, 0.3) is 0 Å². The first-order valence-corrected chi connectivity index (χ1v) is 6.76. The van der Waals surface area contributed by atoms with E-state index in [0.29, 0.717) is 0 Å². The maximum atomic E-state index is 12.0. The molecule has 0 radical (unpaired) electrons. The van der Waals surface area contributed by atoms with Crippen molar-refractivity contribution < 1.29 is 19.2 Å². The van der Waals surface area contributed by atoms with E-state index >= 15 is 0 Å². The van der Waals surface area contributed by atoms with Crippen molar-refractivity contribution in [1.82, 2.24) is 10.4 Å². The molecule has 0 aromatic heterocycles. The molecule has 0 saturated carbocycles. The number of amides is 2. The fourth-order valence-electron chi connectivity index (χ4n) is 1.73. The number of carbonyl (C=O) groups is 2. The Kier molecular flexibility index (Phi) is 6.68. The number of alkyl carbamates (subject to hydrolysis) is 1. The SMILES string of the molecule is CON(C)C(=O)CC(NC(=O)OC(C)C)c1ccccc1. The average molecular weight is 294 g/mol. The van der Waals surface area contributed by atoms with Gasteiger partial charge in [0.25, 0.3) is 0 Å². The molecule has 1 rings (SSSR count). The predicted molar refractivity (Wildman–Crippen MR) is 78.3 cm³/mol. The maximum absolute atomic E-state index is 12.0. The van der Waals surface area contributed by atoms with Gasteiger partial charge in [0.05, 0.1) is 25.7 Å². The zero-order valence-corrected chi connectivity index (χ0v) is 12.8. The molecular formula is C15H22N2O4. The number of benzene rings is 1. The largest absolute Gasteiger partial charge is 0.447 e. The number of carbonyl (C=O) groups excluding carboxylic acids is 2. The minimum Gasteiger partial charge on any atom is -0.447 e. The lowest BCUT2D eigenvalue weighted by molar-refractivity contribution is -0.169. The van der Waals surface area contributed by atoms with Gasteiger partial charge >= 0.3 is 6.09 Å². The maximum Gasteiger partial charge on any atom is 0.407 e. The number of hydrogen-bond acceptors (Lipinski definition) is 4. The molecule has 6 heteroatoms. The minimum atomic E-state index is -0.549. The summed E-state index contributed by atoms with van der Waals surface area (Å²) in [4.78, 5) is 28.6. The van der Waals surface area contributed by atoms with Crippen molar-refractivity contribution in [3.8, 4) is 0 Å². The first-order valence-electron chi connectivity index (χ1n) is 6.76. The molecule has 0 aliphatic rings. The van der Waals surface area contributed by atoms with Gasteiger partial charge in [-0.3, -0.25) is 9.63 Å². The van der Waals surface area contributed by atoms with E-state index < -0.39 is 12.1 Å². The third kappa shape index (κ3) is 5.83. The molecule has 1 aromatic rings. The van der Waals surface area contributed by atoms with Crippen LogP contribution in [0.15, 0.2) is 30.3 Å². The second-order valence-corrected chi connectivity index (χ2v) is 4.84. The van der Waals surface area contributed by atoms with Crippen LogP contribution in [0.5, 0.6) is 0 Å². The lowest BCUT2D eigenvalue weighted by atomic mass is 10.0. The van der Waals surface area contributed by atoms with E-state index in [2.05, 4.69) is 5.32 Å². The first-order chi connectivity index (χ1) is 9.93. The van der Waals surface area contributed by atoms with Crippen molar-refractivity contribution in [2.24, 2.45) is 0 Å². The molecule has 0 aliphatic carbocycles. The van der Waals surface area contributed by atoms with Gasteiger partial charge in [-0.25, -0.2) is 9.86 Å². The predicted octanol–water partition coefficient (Wildman–Crippen LogP) is 2.27. The Hall–Kier alpha value is -2.08. The molecule has 0 spiro atoms. The summed E-state index contributed by atoms with van der Waals surface area (Å²) >= 11 is 0. The normalized spacial score (nSPS) is 11.9. The van der Waals surface area contributed by atoms with Crippen LogP contribution in [-0.4, -0.2) is 37.3 Å². The van der Waals surface area contributed by atoms with Gasteiger partial charge in [0.2, 0.25) is 5.91 Å². The lowest BCUT2D eigenvalue weighted by Crippen LogP contribution is -2.35. The van der Waals surface area contributed by atoms with Crippen LogP contribution in [0.3, 0.4) is 0 Å². The van der Waals surface area contributed by atoms with E-state index in [-0.39, 0.29) is 18.4 Å². The summed E-state index contributed by atoms with van der Waals surface area (Å²) in [6.45, 7) is 3.53. The highest BCUT2D eigenvalue weighted by Crippen LogP contribution is 2.18. The Bertz CT molecular complexity index is 462. The minimum absolute atomic E-state index is 0.0849. The molecule has 1 aromatic carbocycles. The van der Waals surface area contributed by atoms with Crippen molar-refractivity contribution >= 4 is 12.0 Å². The van der Waals surface area contributed by atoms with Gasteiger partial charge < -0.3 is 10.1 Å². The molecule has 0 aliphatic heterocycles. The summed E-state index contributed by atoms with van der Waals surface area (Å²) in [5.74, 6) is -0.240. The van der Waals surface area contributed by atoms with Gasteiger partial charge in [-0.15, -0.1) is 0 Å². The summed E-state index contributed by atoms with van der Waals surface area (Å²) in [6, 6.07) is 8.80. The molecule has 1 atom stereocenters. The van der Waals surface area contributed by atoms with E-state index in [0.717, 1.165) is 10.6 Å². The third-order valence-corrected chi connectivity index (χ3v) is 2.84. The standard InChI is InChI=1S/C15H22N2O4/c1-11(2)21-15(19)16-13(10-14(18)17(3)20-4)12-8-6-5-7-9-12/h5-9,11,13H,10H2,1-4H3,(H,16,19). The van der Waals surface area contributed by atoms with Gasteiger partial charge in [-0.05, 0) is 19.4 Å². The average Bonchev–Trinajstić information content (AvgIpc) is 2.45. The first kappa shape index (κ1) is 17.0. The zero-order valence-electron chi connectivity index (χ0n) is 12.8. The topological polar surface area (TPSA) is 67.9 Å². The Morgan fingerprint density at radius 1 is 1.24 bits per heavy atom. The van der Waals surface area contributed by atoms with E-state index in [1.807, 2.05) is 30.3 Å². The van der Waals surface area contributed by atoms with Crippen LogP contribution in [0.1, 0.15) is 31.9 Å². The van der Waals surface area contributed by atoms with Gasteiger partial charge in [0.15, 0.2) is 0 Å². The summed E-state index contributed by atoms with van der Waals surface area (Å²) < 4.78 is 5.06. The summed E-state index contributed by atoms with van der Waals surface area (Å²) in [5, 5.41) is 3.84. The molecular weight excluding hydrogens is 272 g/mol. The molecule has 0 bridgehead atoms. The van der Waals surface area contributed by atoms with Gasteiger partial charge in [0.1, 0.15) is 0 Å². The van der Waals surface area contributed by atoms with Crippen LogP contribution in [0.2, 0.25) is 0 Å². The van der Waals surface area contributed by atoms with Crippen LogP contribution < -0.4 is 5.32 Å². The van der Waals surface area contributed by atoms with Gasteiger partial charge in [-0.1, -0.05) is 30.3 Å². The Balaban J connectivity index is 2.80. The van der Waals surface area contributed by atoms with Crippen LogP contribution in [-0.2, 0) is 14.4 Å². The summed E-state index contributed by atoms with van der Waals surface area (Å²) in [6.07, 6.45) is -0.688. The highest BCUT2D eigenvalue weighted by atomic mass is 16.7. The molecule has 6 nitrogen and oxygen atoms in total. The number of nitrogens with one attached hydrogen (secondary N) is 1. The Labute approximate surface area is 125 Å². The Morgan fingerprint density at radius 2 is 1.86 bits per heavy atom. The number of hydroxylamine groups is 2. The highest BCUT2D eigenvalue weighted by Gasteiger charge is 2.21. The molecule has 2 amide bonds. The molecule has 0 heterocycles. The van der Waals surface area contributed by atoms with E-state index in [1.54, 1.807) is 13.8 Å². The fourth-order valence-corrected chi connectivity index (χ4v) is 1.73. The van der Waals surface area contributed by atoms with Gasteiger partial charge in [0, 0.05) is 7.05 Å². The molecule has 0 saturated heterocycles. The van der Waals surface area contributed by atoms with Crippen molar-refractivity contribution in [1.29, 1.82) is 0 Å². The fraction of sp³-hybridized carbons (Fsp3) is 0.467. The second kappa shape index (κ2) is 8.26. The third-order valence-electron chi connectivity index (χ3n) is 2.84. The smallest absolute Gasteiger partial charge is 0.407 e. The van der Waals surface area contributed by atoms with E-state index in [4.69, 9.17) is 9.57 Å². The van der Waals surface area contributed by atoms with Crippen LogP contribution in [0.4, 0.5) is 4.79 Å². The molecule has 0 fully saturated rings. The zero-order chi connectivity index (χ0) is 15.8. The second-order valence-electron chi connectivity index (χ2n) is 4.84. The summed E-state index contributed by atoms with van der Waals surface area (Å²) in [7, 11) is 2.94. The van der Waals surface area contributed by atoms with E-state index in [9.17, 15) is 9.59 Å². The molecule has 21 heavy (non-hydrogen) atoms. The van der Waals surface area contributed by atoms with Crippen molar-refractivity contribution in [2.75, 3.05) is 14.2 Å². The number of hydrogen-bond donors (Lipinski definition) is 1. The summed E-state index contributed by atoms with van der Waals surface area (Å²) in [5.41, 5.74) is 0.830. The molecule has 1 unspecified atom stereocenters. The highest BCUT2D eigenvalue weighted by molar-refractivity contribution is 5.77. The monoisotopic (exact) mass is 294 g/mol. The van der Waals surface area contributed by atoms with Gasteiger partial charge in [-0.2, -0.15) is 0 Å². The quantitative estimate of drug-likeness (QED) is 0.817.